The van der Waals surface area contributed by atoms with Crippen molar-refractivity contribution in [2.45, 2.75) is 58.5 Å². The fraction of sp³-hybridized carbons (Fsp3) is 0.938. The number of carbonyl (C=O) groups is 1. The van der Waals surface area contributed by atoms with Crippen LogP contribution in [0.5, 0.6) is 0 Å². The van der Waals surface area contributed by atoms with Crippen LogP contribution in [0.3, 0.4) is 0 Å². The highest BCUT2D eigenvalue weighted by atomic mass is 16.5. The first-order chi connectivity index (χ1) is 9.30. The summed E-state index contributed by atoms with van der Waals surface area (Å²) in [5, 5.41) is 13.4. The summed E-state index contributed by atoms with van der Waals surface area (Å²) in [4.78, 5) is 12.4. The van der Waals surface area contributed by atoms with E-state index in [1.807, 2.05) is 0 Å². The number of hydrogen-bond acceptors (Lipinski definition) is 3. The fourth-order valence-electron chi connectivity index (χ4n) is 3.87. The maximum Gasteiger partial charge on any atom is 0.223 e. The van der Waals surface area contributed by atoms with Gasteiger partial charge in [-0.25, -0.2) is 0 Å². The van der Waals surface area contributed by atoms with Crippen molar-refractivity contribution in [2.24, 2.45) is 17.3 Å². The summed E-state index contributed by atoms with van der Waals surface area (Å²) in [6.07, 6.45) is 4.33. The minimum absolute atomic E-state index is 0.0946. The molecule has 0 aromatic rings. The first-order valence-corrected chi connectivity index (χ1v) is 7.88. The van der Waals surface area contributed by atoms with E-state index in [1.54, 1.807) is 0 Å². The van der Waals surface area contributed by atoms with Gasteiger partial charge in [-0.3, -0.25) is 4.79 Å². The third-order valence-corrected chi connectivity index (χ3v) is 4.77. The normalized spacial score (nSPS) is 32.6. The molecule has 0 radical (unpaired) electrons. The number of aliphatic hydroxyl groups is 1. The SMILES string of the molecule is CC1CC(C(=O)NCC2(O)CCOCC2)CC(C)(C)C1. The summed E-state index contributed by atoms with van der Waals surface area (Å²) < 4.78 is 5.26. The Labute approximate surface area is 122 Å². The van der Waals surface area contributed by atoms with E-state index in [2.05, 4.69) is 26.1 Å². The van der Waals surface area contributed by atoms with Crippen LogP contribution in [0.15, 0.2) is 0 Å². The van der Waals surface area contributed by atoms with Gasteiger partial charge in [0.25, 0.3) is 0 Å². The second kappa shape index (κ2) is 6.02. The lowest BCUT2D eigenvalue weighted by molar-refractivity contribution is -0.130. The van der Waals surface area contributed by atoms with E-state index in [0.29, 0.717) is 38.5 Å². The topological polar surface area (TPSA) is 58.6 Å². The van der Waals surface area contributed by atoms with Crippen molar-refractivity contribution >= 4 is 5.91 Å². The molecule has 2 aliphatic rings. The minimum atomic E-state index is -0.774. The lowest BCUT2D eigenvalue weighted by Gasteiger charge is -2.39. The summed E-state index contributed by atoms with van der Waals surface area (Å²) in [6.45, 7) is 8.25. The Kier molecular flexibility index (Phi) is 4.75. The molecule has 0 bridgehead atoms. The molecule has 1 aliphatic heterocycles. The zero-order valence-corrected chi connectivity index (χ0v) is 13.1. The summed E-state index contributed by atoms with van der Waals surface area (Å²) in [5.41, 5.74) is -0.529. The molecule has 2 fully saturated rings. The van der Waals surface area contributed by atoms with Crippen LogP contribution < -0.4 is 5.32 Å². The second-order valence-corrected chi connectivity index (χ2v) is 7.66. The Morgan fingerprint density at radius 2 is 1.95 bits per heavy atom. The Bertz CT molecular complexity index is 348. The van der Waals surface area contributed by atoms with Gasteiger partial charge < -0.3 is 15.2 Å². The van der Waals surface area contributed by atoms with E-state index in [4.69, 9.17) is 4.74 Å². The van der Waals surface area contributed by atoms with Crippen molar-refractivity contribution in [1.82, 2.24) is 5.32 Å². The van der Waals surface area contributed by atoms with Crippen LogP contribution in [0.2, 0.25) is 0 Å². The summed E-state index contributed by atoms with van der Waals surface area (Å²) in [7, 11) is 0. The van der Waals surface area contributed by atoms with E-state index in [0.717, 1.165) is 12.8 Å². The standard InChI is InChI=1S/C16H29NO3/c1-12-8-13(10-15(2,3)9-12)14(18)17-11-16(19)4-6-20-7-5-16/h12-13,19H,4-11H2,1-3H3,(H,17,18). The van der Waals surface area contributed by atoms with Gasteiger partial charge in [0.1, 0.15) is 0 Å². The molecule has 0 aromatic heterocycles. The fourth-order valence-corrected chi connectivity index (χ4v) is 3.87. The van der Waals surface area contributed by atoms with Crippen LogP contribution in [0.25, 0.3) is 0 Å². The van der Waals surface area contributed by atoms with Gasteiger partial charge in [0, 0.05) is 38.5 Å². The zero-order chi connectivity index (χ0) is 14.8. The number of amides is 1. The molecule has 0 aromatic carbocycles. The van der Waals surface area contributed by atoms with Crippen molar-refractivity contribution in [3.05, 3.63) is 0 Å². The molecule has 20 heavy (non-hydrogen) atoms. The molecule has 1 heterocycles. The third-order valence-electron chi connectivity index (χ3n) is 4.77. The molecule has 2 N–H and O–H groups in total. The van der Waals surface area contributed by atoms with E-state index < -0.39 is 5.60 Å². The highest BCUT2D eigenvalue weighted by molar-refractivity contribution is 5.78. The maximum atomic E-state index is 12.4. The molecule has 1 amide bonds. The maximum absolute atomic E-state index is 12.4. The van der Waals surface area contributed by atoms with Crippen LogP contribution >= 0.6 is 0 Å². The summed E-state index contributed by atoms with van der Waals surface area (Å²) in [5.74, 6) is 0.808. The highest BCUT2D eigenvalue weighted by Crippen LogP contribution is 2.41. The molecule has 116 valence electrons. The van der Waals surface area contributed by atoms with Gasteiger partial charge in [0.15, 0.2) is 0 Å². The number of carbonyl (C=O) groups excluding carboxylic acids is 1. The van der Waals surface area contributed by atoms with Gasteiger partial charge in [-0.05, 0) is 30.6 Å². The van der Waals surface area contributed by atoms with Crippen LogP contribution in [0.1, 0.15) is 52.9 Å². The quantitative estimate of drug-likeness (QED) is 0.834. The lowest BCUT2D eigenvalue weighted by atomic mass is 9.68. The molecule has 2 rings (SSSR count). The number of ether oxygens (including phenoxy) is 1. The number of rotatable bonds is 3. The lowest BCUT2D eigenvalue weighted by Crippen LogP contribution is -2.48. The Morgan fingerprint density at radius 3 is 2.55 bits per heavy atom. The molecular formula is C16H29NO3. The smallest absolute Gasteiger partial charge is 0.223 e. The van der Waals surface area contributed by atoms with Crippen molar-refractivity contribution in [3.8, 4) is 0 Å². The van der Waals surface area contributed by atoms with Gasteiger partial charge in [0.05, 0.1) is 5.60 Å². The van der Waals surface area contributed by atoms with E-state index in [1.165, 1.54) is 6.42 Å². The van der Waals surface area contributed by atoms with Gasteiger partial charge in [-0.2, -0.15) is 0 Å². The molecule has 1 saturated carbocycles. The van der Waals surface area contributed by atoms with Crippen molar-refractivity contribution < 1.29 is 14.6 Å². The van der Waals surface area contributed by atoms with Crippen molar-refractivity contribution in [3.63, 3.8) is 0 Å². The van der Waals surface area contributed by atoms with Crippen molar-refractivity contribution in [1.29, 1.82) is 0 Å². The molecule has 1 aliphatic carbocycles. The Hall–Kier alpha value is -0.610. The second-order valence-electron chi connectivity index (χ2n) is 7.66. The van der Waals surface area contributed by atoms with Crippen LogP contribution in [-0.4, -0.2) is 36.4 Å². The van der Waals surface area contributed by atoms with Gasteiger partial charge in [0.2, 0.25) is 5.91 Å². The third kappa shape index (κ3) is 4.19. The van der Waals surface area contributed by atoms with Gasteiger partial charge in [-0.1, -0.05) is 20.8 Å². The first-order valence-electron chi connectivity index (χ1n) is 7.88. The molecule has 2 unspecified atom stereocenters. The number of nitrogens with one attached hydrogen (secondary N) is 1. The molecule has 4 nitrogen and oxygen atoms in total. The summed E-state index contributed by atoms with van der Waals surface area (Å²) >= 11 is 0. The van der Waals surface area contributed by atoms with E-state index in [-0.39, 0.29) is 17.2 Å². The predicted octanol–water partition coefficient (Wildman–Crippen LogP) is 2.11. The minimum Gasteiger partial charge on any atom is -0.388 e. The Balaban J connectivity index is 1.85. The molecule has 2 atom stereocenters. The molecule has 1 saturated heterocycles. The average molecular weight is 283 g/mol. The average Bonchev–Trinajstić information content (AvgIpc) is 2.34. The molecular weight excluding hydrogens is 254 g/mol. The highest BCUT2D eigenvalue weighted by Gasteiger charge is 2.36. The van der Waals surface area contributed by atoms with Crippen molar-refractivity contribution in [2.75, 3.05) is 19.8 Å². The summed E-state index contributed by atoms with van der Waals surface area (Å²) in [6, 6.07) is 0. The van der Waals surface area contributed by atoms with Gasteiger partial charge >= 0.3 is 0 Å². The van der Waals surface area contributed by atoms with Gasteiger partial charge in [-0.15, -0.1) is 0 Å². The number of hydrogen-bond donors (Lipinski definition) is 2. The monoisotopic (exact) mass is 283 g/mol. The van der Waals surface area contributed by atoms with Crippen LogP contribution in [-0.2, 0) is 9.53 Å². The zero-order valence-electron chi connectivity index (χ0n) is 13.1. The van der Waals surface area contributed by atoms with Crippen LogP contribution in [0.4, 0.5) is 0 Å². The molecule has 0 spiro atoms. The van der Waals surface area contributed by atoms with E-state index in [9.17, 15) is 9.90 Å². The van der Waals surface area contributed by atoms with Crippen LogP contribution in [0, 0.1) is 17.3 Å². The largest absolute Gasteiger partial charge is 0.388 e. The first kappa shape index (κ1) is 15.8. The Morgan fingerprint density at radius 1 is 1.30 bits per heavy atom. The molecule has 4 heteroatoms. The predicted molar refractivity (Wildman–Crippen MR) is 78.3 cm³/mol. The van der Waals surface area contributed by atoms with E-state index >= 15 is 0 Å².